The predicted octanol–water partition coefficient (Wildman–Crippen LogP) is -0.294. The maximum Gasteiger partial charge on any atom is 0.139 e. The number of hydrogen-bond donors (Lipinski definition) is 1. The molecular weight excluding hydrogens is 106 g/mol. The van der Waals surface area contributed by atoms with Crippen molar-refractivity contribution >= 4 is 6.29 Å². The number of nitrogens with zero attached hydrogens (tertiary/aromatic N) is 1. The molecular formula is C5H7NO2. The van der Waals surface area contributed by atoms with Gasteiger partial charge in [-0.1, -0.05) is 0 Å². The van der Waals surface area contributed by atoms with Crippen LogP contribution in [0.5, 0.6) is 0 Å². The standard InChI is InChI=1S/C5H7NO2/c1-4(8)5(2-6)3-7/h3-5,8H,1H3. The normalized spacial score (nSPS) is 16.1. The Labute approximate surface area is 47.5 Å². The van der Waals surface area contributed by atoms with Crippen molar-refractivity contribution in [1.82, 2.24) is 0 Å². The molecule has 0 amide bonds. The van der Waals surface area contributed by atoms with E-state index >= 15 is 0 Å². The van der Waals surface area contributed by atoms with Crippen molar-refractivity contribution in [1.29, 1.82) is 5.26 Å². The third-order valence-corrected chi connectivity index (χ3v) is 0.815. The molecule has 3 nitrogen and oxygen atoms in total. The van der Waals surface area contributed by atoms with Gasteiger partial charge in [-0.25, -0.2) is 0 Å². The number of aliphatic hydroxyl groups excluding tert-OH is 1. The van der Waals surface area contributed by atoms with E-state index < -0.39 is 12.0 Å². The van der Waals surface area contributed by atoms with E-state index in [1.807, 2.05) is 0 Å². The Morgan fingerprint density at radius 3 is 2.38 bits per heavy atom. The Morgan fingerprint density at radius 2 is 2.38 bits per heavy atom. The van der Waals surface area contributed by atoms with Crippen LogP contribution in [0.4, 0.5) is 0 Å². The molecule has 0 rings (SSSR count). The molecule has 0 aromatic heterocycles. The predicted molar refractivity (Wildman–Crippen MR) is 26.8 cm³/mol. The van der Waals surface area contributed by atoms with Crippen molar-refractivity contribution in [3.05, 3.63) is 0 Å². The summed E-state index contributed by atoms with van der Waals surface area (Å²) in [4.78, 5) is 9.80. The van der Waals surface area contributed by atoms with E-state index in [0.717, 1.165) is 0 Å². The maximum atomic E-state index is 9.80. The van der Waals surface area contributed by atoms with Crippen LogP contribution in [0.1, 0.15) is 6.92 Å². The molecule has 0 radical (unpaired) electrons. The highest BCUT2D eigenvalue weighted by Crippen LogP contribution is 1.95. The molecule has 0 saturated carbocycles. The van der Waals surface area contributed by atoms with Gasteiger partial charge in [0.1, 0.15) is 12.2 Å². The Hall–Kier alpha value is -0.880. The minimum Gasteiger partial charge on any atom is -0.392 e. The Balaban J connectivity index is 3.74. The van der Waals surface area contributed by atoms with Crippen LogP contribution < -0.4 is 0 Å². The molecule has 2 atom stereocenters. The van der Waals surface area contributed by atoms with Crippen molar-refractivity contribution < 1.29 is 9.90 Å². The molecule has 44 valence electrons. The van der Waals surface area contributed by atoms with Crippen LogP contribution in [0.3, 0.4) is 0 Å². The van der Waals surface area contributed by atoms with Crippen LogP contribution in [0.25, 0.3) is 0 Å². The van der Waals surface area contributed by atoms with Crippen molar-refractivity contribution in [2.75, 3.05) is 0 Å². The van der Waals surface area contributed by atoms with E-state index in [0.29, 0.717) is 6.29 Å². The number of hydrogen-bond acceptors (Lipinski definition) is 3. The summed E-state index contributed by atoms with van der Waals surface area (Å²) in [5.41, 5.74) is 0. The third kappa shape index (κ3) is 1.71. The number of carbonyl (C=O) groups is 1. The fraction of sp³-hybridized carbons (Fsp3) is 0.600. The van der Waals surface area contributed by atoms with Gasteiger partial charge in [-0.15, -0.1) is 0 Å². The lowest BCUT2D eigenvalue weighted by Crippen LogP contribution is -2.15. The molecule has 0 aliphatic rings. The summed E-state index contributed by atoms with van der Waals surface area (Å²) in [5.74, 6) is -0.866. The molecule has 2 unspecified atom stereocenters. The Kier molecular flexibility index (Phi) is 2.82. The van der Waals surface area contributed by atoms with Crippen molar-refractivity contribution in [2.24, 2.45) is 5.92 Å². The molecule has 0 heterocycles. The Bertz CT molecular complexity index is 114. The quantitative estimate of drug-likeness (QED) is 0.500. The van der Waals surface area contributed by atoms with Crippen LogP contribution >= 0.6 is 0 Å². The maximum absolute atomic E-state index is 9.80. The summed E-state index contributed by atoms with van der Waals surface area (Å²) in [6.07, 6.45) is -0.414. The summed E-state index contributed by atoms with van der Waals surface area (Å²) in [6.45, 7) is 1.41. The smallest absolute Gasteiger partial charge is 0.139 e. The lowest BCUT2D eigenvalue weighted by Gasteiger charge is -2.00. The van der Waals surface area contributed by atoms with Crippen molar-refractivity contribution in [3.8, 4) is 6.07 Å². The number of aldehydes is 1. The second kappa shape index (κ2) is 3.16. The highest BCUT2D eigenvalue weighted by atomic mass is 16.3. The molecule has 0 aromatic rings. The zero-order valence-electron chi connectivity index (χ0n) is 4.53. The molecule has 0 saturated heterocycles. The fourth-order valence-corrected chi connectivity index (χ4v) is 0.252. The first-order valence-corrected chi connectivity index (χ1v) is 2.25. The first-order valence-electron chi connectivity index (χ1n) is 2.25. The van der Waals surface area contributed by atoms with Gasteiger partial charge in [0.05, 0.1) is 12.2 Å². The average molecular weight is 113 g/mol. The molecule has 0 aliphatic heterocycles. The van der Waals surface area contributed by atoms with E-state index in [2.05, 4.69) is 0 Å². The third-order valence-electron chi connectivity index (χ3n) is 0.815. The van der Waals surface area contributed by atoms with Crippen molar-refractivity contribution in [3.63, 3.8) is 0 Å². The van der Waals surface area contributed by atoms with E-state index in [1.165, 1.54) is 6.92 Å². The zero-order chi connectivity index (χ0) is 6.57. The van der Waals surface area contributed by atoms with Gasteiger partial charge in [-0.3, -0.25) is 0 Å². The highest BCUT2D eigenvalue weighted by molar-refractivity contribution is 5.58. The first kappa shape index (κ1) is 7.12. The van der Waals surface area contributed by atoms with E-state index in [9.17, 15) is 4.79 Å². The van der Waals surface area contributed by atoms with Gasteiger partial charge in [0, 0.05) is 0 Å². The highest BCUT2D eigenvalue weighted by Gasteiger charge is 2.10. The van der Waals surface area contributed by atoms with Gasteiger partial charge >= 0.3 is 0 Å². The molecule has 0 aliphatic carbocycles. The lowest BCUT2D eigenvalue weighted by molar-refractivity contribution is -0.111. The van der Waals surface area contributed by atoms with E-state index in [-0.39, 0.29) is 0 Å². The van der Waals surface area contributed by atoms with Gasteiger partial charge < -0.3 is 9.90 Å². The van der Waals surface area contributed by atoms with Gasteiger partial charge in [0.2, 0.25) is 0 Å². The summed E-state index contributed by atoms with van der Waals surface area (Å²) in [6, 6.07) is 1.63. The second-order valence-corrected chi connectivity index (χ2v) is 1.53. The molecule has 0 bridgehead atoms. The number of carbonyl (C=O) groups excluding carboxylic acids is 1. The van der Waals surface area contributed by atoms with Crippen LogP contribution in [-0.2, 0) is 4.79 Å². The fourth-order valence-electron chi connectivity index (χ4n) is 0.252. The van der Waals surface area contributed by atoms with Gasteiger partial charge in [0.25, 0.3) is 0 Å². The van der Waals surface area contributed by atoms with Crippen LogP contribution in [0.15, 0.2) is 0 Å². The summed E-state index contributed by atoms with van der Waals surface area (Å²) < 4.78 is 0. The summed E-state index contributed by atoms with van der Waals surface area (Å²) in [5, 5.41) is 16.6. The molecule has 3 heteroatoms. The average Bonchev–Trinajstić information content (AvgIpc) is 1.69. The largest absolute Gasteiger partial charge is 0.392 e. The van der Waals surface area contributed by atoms with Crippen molar-refractivity contribution in [2.45, 2.75) is 13.0 Å². The minimum atomic E-state index is -0.866. The van der Waals surface area contributed by atoms with Crippen LogP contribution in [0, 0.1) is 17.2 Å². The van der Waals surface area contributed by atoms with E-state index in [4.69, 9.17) is 10.4 Å². The summed E-state index contributed by atoms with van der Waals surface area (Å²) in [7, 11) is 0. The van der Waals surface area contributed by atoms with Crippen LogP contribution in [-0.4, -0.2) is 17.5 Å². The van der Waals surface area contributed by atoms with Gasteiger partial charge in [0.15, 0.2) is 0 Å². The molecule has 0 aromatic carbocycles. The number of aliphatic hydroxyl groups is 1. The topological polar surface area (TPSA) is 61.1 Å². The number of rotatable bonds is 2. The molecule has 0 fully saturated rings. The first-order chi connectivity index (χ1) is 3.72. The van der Waals surface area contributed by atoms with Gasteiger partial charge in [-0.2, -0.15) is 5.26 Å². The molecule has 1 N–H and O–H groups in total. The van der Waals surface area contributed by atoms with Crippen LogP contribution in [0.2, 0.25) is 0 Å². The zero-order valence-corrected chi connectivity index (χ0v) is 4.53. The molecule has 8 heavy (non-hydrogen) atoms. The Morgan fingerprint density at radius 1 is 1.88 bits per heavy atom. The van der Waals surface area contributed by atoms with E-state index in [1.54, 1.807) is 6.07 Å². The minimum absolute atomic E-state index is 0.435. The SMILES string of the molecule is CC(O)C(C#N)C=O. The second-order valence-electron chi connectivity index (χ2n) is 1.53. The van der Waals surface area contributed by atoms with Gasteiger partial charge in [-0.05, 0) is 6.92 Å². The summed E-state index contributed by atoms with van der Waals surface area (Å²) >= 11 is 0. The monoisotopic (exact) mass is 113 g/mol. The molecule has 0 spiro atoms. The number of nitriles is 1. The lowest BCUT2D eigenvalue weighted by atomic mass is 10.1.